The van der Waals surface area contributed by atoms with Crippen LogP contribution in [0.3, 0.4) is 0 Å². The van der Waals surface area contributed by atoms with Crippen molar-refractivity contribution in [1.82, 2.24) is 4.98 Å². The van der Waals surface area contributed by atoms with Crippen molar-refractivity contribution in [3.05, 3.63) is 42.1 Å². The Balaban J connectivity index is 1.67. The second kappa shape index (κ2) is 9.18. The van der Waals surface area contributed by atoms with Gasteiger partial charge in [-0.05, 0) is 24.3 Å². The van der Waals surface area contributed by atoms with Crippen LogP contribution in [0.5, 0.6) is 11.6 Å². The van der Waals surface area contributed by atoms with E-state index in [-0.39, 0.29) is 17.9 Å². The van der Waals surface area contributed by atoms with E-state index in [1.165, 1.54) is 20.2 Å². The molecule has 2 aromatic rings. The highest BCUT2D eigenvalue weighted by Crippen LogP contribution is 2.28. The third-order valence-corrected chi connectivity index (χ3v) is 4.22. The summed E-state index contributed by atoms with van der Waals surface area (Å²) in [6, 6.07) is 8.33. The van der Waals surface area contributed by atoms with Crippen LogP contribution in [0.1, 0.15) is 30.1 Å². The van der Waals surface area contributed by atoms with Crippen molar-refractivity contribution < 1.29 is 23.8 Å². The van der Waals surface area contributed by atoms with Gasteiger partial charge in [-0.3, -0.25) is 9.59 Å². The largest absolute Gasteiger partial charge is 0.495 e. The number of amides is 2. The van der Waals surface area contributed by atoms with Gasteiger partial charge >= 0.3 is 0 Å². The van der Waals surface area contributed by atoms with Crippen molar-refractivity contribution in [1.29, 1.82) is 0 Å². The molecular formula is C20H23N3O5. The normalized spacial score (nSPS) is 14.2. The lowest BCUT2D eigenvalue weighted by Gasteiger charge is -2.22. The Bertz CT molecular complexity index is 832. The molecule has 0 saturated carbocycles. The van der Waals surface area contributed by atoms with Crippen molar-refractivity contribution >= 4 is 23.2 Å². The zero-order valence-electron chi connectivity index (χ0n) is 15.9. The van der Waals surface area contributed by atoms with Crippen LogP contribution in [0, 0.1) is 0 Å². The van der Waals surface area contributed by atoms with Crippen LogP contribution in [-0.4, -0.2) is 43.2 Å². The van der Waals surface area contributed by atoms with E-state index in [2.05, 4.69) is 15.6 Å². The Morgan fingerprint density at radius 3 is 2.57 bits per heavy atom. The Morgan fingerprint density at radius 2 is 1.93 bits per heavy atom. The summed E-state index contributed by atoms with van der Waals surface area (Å²) in [6.07, 6.45) is 3.21. The van der Waals surface area contributed by atoms with Crippen LogP contribution in [0.2, 0.25) is 0 Å². The Hall–Kier alpha value is -3.13. The van der Waals surface area contributed by atoms with Gasteiger partial charge in [-0.15, -0.1) is 0 Å². The molecule has 1 aromatic heterocycles. The van der Waals surface area contributed by atoms with Crippen LogP contribution < -0.4 is 20.1 Å². The molecule has 2 N–H and O–H groups in total. The molecule has 0 spiro atoms. The number of carbonyl (C=O) groups excluding carboxylic acids is 2. The molecule has 8 heteroatoms. The van der Waals surface area contributed by atoms with Crippen molar-refractivity contribution in [3.8, 4) is 11.6 Å². The molecule has 0 bridgehead atoms. The number of anilines is 2. The number of nitrogens with zero attached hydrogens (tertiary/aromatic N) is 1. The molecule has 2 amide bonds. The molecule has 8 nitrogen and oxygen atoms in total. The van der Waals surface area contributed by atoms with Crippen LogP contribution >= 0.6 is 0 Å². The number of aromatic nitrogens is 1. The van der Waals surface area contributed by atoms with Gasteiger partial charge < -0.3 is 24.8 Å². The average Bonchev–Trinajstić information content (AvgIpc) is 2.69. The molecule has 148 valence electrons. The molecule has 28 heavy (non-hydrogen) atoms. The highest BCUT2D eigenvalue weighted by Gasteiger charge is 2.16. The summed E-state index contributed by atoms with van der Waals surface area (Å²) < 4.78 is 16.4. The van der Waals surface area contributed by atoms with Gasteiger partial charge in [0.05, 0.1) is 31.6 Å². The molecule has 0 atom stereocenters. The molecular weight excluding hydrogens is 362 g/mol. The number of hydrogen-bond donors (Lipinski definition) is 2. The summed E-state index contributed by atoms with van der Waals surface area (Å²) in [6.45, 7) is 2.78. The van der Waals surface area contributed by atoms with E-state index >= 15 is 0 Å². The molecule has 0 unspecified atom stereocenters. The minimum atomic E-state index is -0.344. The zero-order chi connectivity index (χ0) is 19.9. The molecule has 1 aliphatic rings. The first-order valence-electron chi connectivity index (χ1n) is 9.02. The van der Waals surface area contributed by atoms with Gasteiger partial charge in [-0.2, -0.15) is 0 Å². The van der Waals surface area contributed by atoms with Gasteiger partial charge in [-0.25, -0.2) is 4.98 Å². The molecule has 0 radical (unpaired) electrons. The first-order valence-corrected chi connectivity index (χ1v) is 9.02. The highest BCUT2D eigenvalue weighted by atomic mass is 16.5. The van der Waals surface area contributed by atoms with E-state index in [1.807, 2.05) is 0 Å². The topological polar surface area (TPSA) is 98.8 Å². The molecule has 1 aliphatic heterocycles. The number of nitrogens with one attached hydrogen (secondary N) is 2. The monoisotopic (exact) mass is 385 g/mol. The summed E-state index contributed by atoms with van der Waals surface area (Å²) in [4.78, 5) is 28.0. The van der Waals surface area contributed by atoms with E-state index in [0.29, 0.717) is 41.8 Å². The van der Waals surface area contributed by atoms with Gasteiger partial charge in [0.2, 0.25) is 11.8 Å². The molecule has 1 saturated heterocycles. The molecule has 1 aromatic carbocycles. The third kappa shape index (κ3) is 5.20. The average molecular weight is 385 g/mol. The van der Waals surface area contributed by atoms with Crippen molar-refractivity contribution in [2.75, 3.05) is 31.0 Å². The lowest BCUT2D eigenvalue weighted by Crippen LogP contribution is -2.26. The molecule has 2 heterocycles. The highest BCUT2D eigenvalue weighted by molar-refractivity contribution is 6.05. The van der Waals surface area contributed by atoms with E-state index in [0.717, 1.165) is 12.8 Å². The minimum Gasteiger partial charge on any atom is -0.495 e. The first-order chi connectivity index (χ1) is 13.5. The fourth-order valence-electron chi connectivity index (χ4n) is 2.83. The Labute approximate surface area is 163 Å². The molecule has 1 fully saturated rings. The number of hydrogen-bond acceptors (Lipinski definition) is 6. The number of benzene rings is 1. The smallest absolute Gasteiger partial charge is 0.257 e. The second-order valence-corrected chi connectivity index (χ2v) is 6.37. The fourth-order valence-corrected chi connectivity index (χ4v) is 2.83. The van der Waals surface area contributed by atoms with Crippen LogP contribution in [0.4, 0.5) is 11.4 Å². The van der Waals surface area contributed by atoms with Gasteiger partial charge in [0.15, 0.2) is 0 Å². The summed E-state index contributed by atoms with van der Waals surface area (Å²) in [5.41, 5.74) is 1.38. The number of rotatable bonds is 6. The Kier molecular flexibility index (Phi) is 6.44. The molecule has 0 aliphatic carbocycles. The van der Waals surface area contributed by atoms with Gasteiger partial charge in [0.1, 0.15) is 11.9 Å². The summed E-state index contributed by atoms with van der Waals surface area (Å²) in [7, 11) is 1.51. The number of carbonyl (C=O) groups is 2. The maximum Gasteiger partial charge on any atom is 0.257 e. The van der Waals surface area contributed by atoms with Crippen molar-refractivity contribution in [2.24, 2.45) is 0 Å². The minimum absolute atomic E-state index is 0.0849. The van der Waals surface area contributed by atoms with Crippen LogP contribution in [-0.2, 0) is 9.53 Å². The molecule has 3 rings (SSSR count). The Morgan fingerprint density at radius 1 is 1.14 bits per heavy atom. The number of pyridine rings is 1. The zero-order valence-corrected chi connectivity index (χ0v) is 15.9. The van der Waals surface area contributed by atoms with Crippen LogP contribution in [0.15, 0.2) is 36.5 Å². The van der Waals surface area contributed by atoms with Gasteiger partial charge in [0.25, 0.3) is 5.91 Å². The van der Waals surface area contributed by atoms with E-state index in [4.69, 9.17) is 14.2 Å². The lowest BCUT2D eigenvalue weighted by molar-refractivity contribution is -0.114. The van der Waals surface area contributed by atoms with E-state index in [1.54, 1.807) is 30.3 Å². The maximum absolute atomic E-state index is 12.6. The quantitative estimate of drug-likeness (QED) is 0.793. The second-order valence-electron chi connectivity index (χ2n) is 6.37. The predicted octanol–water partition coefficient (Wildman–Crippen LogP) is 2.86. The summed E-state index contributed by atoms with van der Waals surface area (Å²) in [5, 5.41) is 5.45. The lowest BCUT2D eigenvalue weighted by atomic mass is 10.1. The van der Waals surface area contributed by atoms with Crippen molar-refractivity contribution in [3.63, 3.8) is 0 Å². The third-order valence-electron chi connectivity index (χ3n) is 4.22. The summed E-state index contributed by atoms with van der Waals surface area (Å²) >= 11 is 0. The standard InChI is InChI=1S/C20H23N3O5/c1-13(24)22-15-4-5-18(26-2)17(11-15)23-20(25)14-3-6-19(21-12-14)28-16-7-9-27-10-8-16/h3-6,11-12,16H,7-10H2,1-2H3,(H,22,24)(H,23,25). The van der Waals surface area contributed by atoms with Crippen LogP contribution in [0.25, 0.3) is 0 Å². The predicted molar refractivity (Wildman–Crippen MR) is 104 cm³/mol. The SMILES string of the molecule is COc1ccc(NC(C)=O)cc1NC(=O)c1ccc(OC2CCOCC2)nc1. The van der Waals surface area contributed by atoms with E-state index < -0.39 is 0 Å². The fraction of sp³-hybridized carbons (Fsp3) is 0.350. The summed E-state index contributed by atoms with van der Waals surface area (Å²) in [5.74, 6) is 0.415. The van der Waals surface area contributed by atoms with Gasteiger partial charge in [0, 0.05) is 37.7 Å². The maximum atomic E-state index is 12.6. The van der Waals surface area contributed by atoms with E-state index in [9.17, 15) is 9.59 Å². The number of ether oxygens (including phenoxy) is 3. The van der Waals surface area contributed by atoms with Gasteiger partial charge in [-0.1, -0.05) is 0 Å². The van der Waals surface area contributed by atoms with Crippen molar-refractivity contribution in [2.45, 2.75) is 25.9 Å². The first kappa shape index (κ1) is 19.6. The number of methoxy groups -OCH3 is 1.